The number of hydrogen-bond acceptors (Lipinski definition) is 3. The third-order valence-electron chi connectivity index (χ3n) is 3.46. The maximum Gasteiger partial charge on any atom is 0.352 e. The summed E-state index contributed by atoms with van der Waals surface area (Å²) in [6.45, 7) is 2.12. The van der Waals surface area contributed by atoms with Crippen molar-refractivity contribution in [2.45, 2.75) is 26.3 Å². The average Bonchev–Trinajstić information content (AvgIpc) is 3.10. The van der Waals surface area contributed by atoms with Gasteiger partial charge in [-0.3, -0.25) is 4.79 Å². The monoisotopic (exact) mass is 258 g/mol. The highest BCUT2D eigenvalue weighted by Gasteiger charge is 2.25. The molecule has 0 bridgehead atoms. The van der Waals surface area contributed by atoms with E-state index in [0.29, 0.717) is 23.8 Å². The Morgan fingerprint density at radius 3 is 2.74 bits per heavy atom. The predicted octanol–water partition coefficient (Wildman–Crippen LogP) is 2.35. The van der Waals surface area contributed by atoms with Crippen LogP contribution in [0, 0.1) is 5.92 Å². The number of fused-ring (bicyclic) bond motifs is 1. The molecule has 2 heterocycles. The number of Topliss-reactive ketones (excluding diaryl/α,β-unsaturated/α-hetero) is 1. The fraction of sp³-hybridized carbons (Fsp3) is 0.357. The molecule has 2 aromatic heterocycles. The molecule has 1 fully saturated rings. The third-order valence-corrected chi connectivity index (χ3v) is 3.46. The lowest BCUT2D eigenvalue weighted by molar-refractivity contribution is 0.0685. The van der Waals surface area contributed by atoms with Crippen molar-refractivity contribution in [1.82, 2.24) is 9.55 Å². The van der Waals surface area contributed by atoms with Gasteiger partial charge in [-0.2, -0.15) is 0 Å². The Hall–Kier alpha value is -2.17. The summed E-state index contributed by atoms with van der Waals surface area (Å²) in [5.74, 6) is -0.530. The normalized spacial score (nSPS) is 14.8. The fourth-order valence-corrected chi connectivity index (χ4v) is 2.24. The van der Waals surface area contributed by atoms with E-state index >= 15 is 0 Å². The zero-order chi connectivity index (χ0) is 13.6. The van der Waals surface area contributed by atoms with E-state index < -0.39 is 5.97 Å². The van der Waals surface area contributed by atoms with E-state index in [1.54, 1.807) is 22.8 Å². The van der Waals surface area contributed by atoms with Gasteiger partial charge in [0.15, 0.2) is 5.78 Å². The van der Waals surface area contributed by atoms with E-state index in [1.165, 1.54) is 6.92 Å². The molecule has 1 saturated carbocycles. The largest absolute Gasteiger partial charge is 0.477 e. The van der Waals surface area contributed by atoms with Crippen molar-refractivity contribution in [2.75, 3.05) is 0 Å². The summed E-state index contributed by atoms with van der Waals surface area (Å²) in [5.41, 5.74) is 1.21. The van der Waals surface area contributed by atoms with Gasteiger partial charge in [-0.05, 0) is 37.0 Å². The minimum atomic E-state index is -0.956. The van der Waals surface area contributed by atoms with Gasteiger partial charge in [-0.25, -0.2) is 9.78 Å². The van der Waals surface area contributed by atoms with Crippen LogP contribution in [0.4, 0.5) is 0 Å². The van der Waals surface area contributed by atoms with Gasteiger partial charge in [0.05, 0.1) is 0 Å². The quantitative estimate of drug-likeness (QED) is 0.854. The van der Waals surface area contributed by atoms with Crippen LogP contribution in [0.2, 0.25) is 0 Å². The second kappa shape index (κ2) is 4.19. The zero-order valence-electron chi connectivity index (χ0n) is 10.6. The Bertz CT molecular complexity index is 683. The standard InChI is InChI=1S/C14H14N2O3/c1-8(17)11-5-4-10-6-12(14(18)19)16(13(10)15-11)7-9-2-3-9/h4-6,9H,2-3,7H2,1H3,(H,18,19). The van der Waals surface area contributed by atoms with Gasteiger partial charge in [0.25, 0.3) is 0 Å². The van der Waals surface area contributed by atoms with E-state index in [4.69, 9.17) is 0 Å². The highest BCUT2D eigenvalue weighted by Crippen LogP contribution is 2.32. The van der Waals surface area contributed by atoms with Crippen LogP contribution < -0.4 is 0 Å². The molecule has 0 atom stereocenters. The molecule has 0 amide bonds. The lowest BCUT2D eigenvalue weighted by Crippen LogP contribution is -2.10. The molecule has 0 aromatic carbocycles. The molecule has 5 heteroatoms. The molecule has 2 aromatic rings. The van der Waals surface area contributed by atoms with Crippen LogP contribution in [0.1, 0.15) is 40.7 Å². The molecule has 1 N–H and O–H groups in total. The Morgan fingerprint density at radius 1 is 1.42 bits per heavy atom. The molecule has 19 heavy (non-hydrogen) atoms. The molecule has 0 radical (unpaired) electrons. The van der Waals surface area contributed by atoms with Gasteiger partial charge in [-0.1, -0.05) is 0 Å². The van der Waals surface area contributed by atoms with Crippen LogP contribution in [-0.4, -0.2) is 26.4 Å². The van der Waals surface area contributed by atoms with E-state index in [0.717, 1.165) is 18.2 Å². The number of carboxylic acid groups (broad SMARTS) is 1. The number of ketones is 1. The van der Waals surface area contributed by atoms with Gasteiger partial charge in [-0.15, -0.1) is 0 Å². The summed E-state index contributed by atoms with van der Waals surface area (Å²) in [6, 6.07) is 5.02. The van der Waals surface area contributed by atoms with E-state index in [-0.39, 0.29) is 11.5 Å². The number of rotatable bonds is 4. The molecule has 1 aliphatic rings. The summed E-state index contributed by atoms with van der Waals surface area (Å²) in [7, 11) is 0. The van der Waals surface area contributed by atoms with E-state index in [9.17, 15) is 14.7 Å². The topological polar surface area (TPSA) is 72.2 Å². The summed E-state index contributed by atoms with van der Waals surface area (Å²) in [6.07, 6.45) is 2.26. The number of nitrogens with zero attached hydrogens (tertiary/aromatic N) is 2. The number of hydrogen-bond donors (Lipinski definition) is 1. The first-order chi connectivity index (χ1) is 9.06. The molecule has 5 nitrogen and oxygen atoms in total. The molecule has 0 saturated heterocycles. The maximum atomic E-state index is 11.4. The van der Waals surface area contributed by atoms with Gasteiger partial charge in [0.1, 0.15) is 17.0 Å². The van der Waals surface area contributed by atoms with Gasteiger partial charge in [0.2, 0.25) is 0 Å². The zero-order valence-corrected chi connectivity index (χ0v) is 10.6. The van der Waals surface area contributed by atoms with Crippen LogP contribution >= 0.6 is 0 Å². The molecule has 0 unspecified atom stereocenters. The fourth-order valence-electron chi connectivity index (χ4n) is 2.24. The number of carbonyl (C=O) groups is 2. The lowest BCUT2D eigenvalue weighted by Gasteiger charge is -2.06. The Labute approximate surface area is 109 Å². The first-order valence-electron chi connectivity index (χ1n) is 6.31. The first kappa shape index (κ1) is 11.9. The van der Waals surface area contributed by atoms with Gasteiger partial charge >= 0.3 is 5.97 Å². The minimum absolute atomic E-state index is 0.113. The summed E-state index contributed by atoms with van der Waals surface area (Å²) < 4.78 is 1.72. The van der Waals surface area contributed by atoms with Crippen LogP contribution in [0.5, 0.6) is 0 Å². The molecule has 0 aliphatic heterocycles. The minimum Gasteiger partial charge on any atom is -0.477 e. The number of carbonyl (C=O) groups excluding carboxylic acids is 1. The molecule has 0 spiro atoms. The third kappa shape index (κ3) is 2.12. The van der Waals surface area contributed by atoms with Crippen molar-refractivity contribution in [3.8, 4) is 0 Å². The molecular weight excluding hydrogens is 244 g/mol. The number of carboxylic acids is 1. The Kier molecular flexibility index (Phi) is 2.62. The molecule has 1 aliphatic carbocycles. The van der Waals surface area contributed by atoms with Crippen LogP contribution in [0.15, 0.2) is 18.2 Å². The maximum absolute atomic E-state index is 11.4. The van der Waals surface area contributed by atoms with Gasteiger partial charge < -0.3 is 9.67 Å². The van der Waals surface area contributed by atoms with Crippen molar-refractivity contribution in [1.29, 1.82) is 0 Å². The summed E-state index contributed by atoms with van der Waals surface area (Å²) in [4.78, 5) is 27.0. The smallest absolute Gasteiger partial charge is 0.352 e. The summed E-state index contributed by atoms with van der Waals surface area (Å²) in [5, 5.41) is 10.0. The molecule has 98 valence electrons. The van der Waals surface area contributed by atoms with E-state index in [1.807, 2.05) is 0 Å². The van der Waals surface area contributed by atoms with Crippen molar-refractivity contribution in [3.63, 3.8) is 0 Å². The Balaban J connectivity index is 2.19. The second-order valence-electron chi connectivity index (χ2n) is 5.05. The number of aromatic carboxylic acids is 1. The second-order valence-corrected chi connectivity index (χ2v) is 5.05. The number of pyridine rings is 1. The molecular formula is C14H14N2O3. The van der Waals surface area contributed by atoms with Crippen LogP contribution in [-0.2, 0) is 6.54 Å². The number of aromatic nitrogens is 2. The van der Waals surface area contributed by atoms with Crippen LogP contribution in [0.3, 0.4) is 0 Å². The first-order valence-corrected chi connectivity index (χ1v) is 6.31. The van der Waals surface area contributed by atoms with Crippen LogP contribution in [0.25, 0.3) is 11.0 Å². The lowest BCUT2D eigenvalue weighted by atomic mass is 10.2. The SMILES string of the molecule is CC(=O)c1ccc2cc(C(=O)O)n(CC3CC3)c2n1. The average molecular weight is 258 g/mol. The van der Waals surface area contributed by atoms with Crippen molar-refractivity contribution >= 4 is 22.8 Å². The van der Waals surface area contributed by atoms with Crippen molar-refractivity contribution < 1.29 is 14.7 Å². The highest BCUT2D eigenvalue weighted by atomic mass is 16.4. The van der Waals surface area contributed by atoms with Gasteiger partial charge in [0, 0.05) is 18.9 Å². The summed E-state index contributed by atoms with van der Waals surface area (Å²) >= 11 is 0. The highest BCUT2D eigenvalue weighted by molar-refractivity contribution is 5.97. The predicted molar refractivity (Wildman–Crippen MR) is 69.4 cm³/mol. The van der Waals surface area contributed by atoms with Crippen molar-refractivity contribution in [3.05, 3.63) is 29.6 Å². The van der Waals surface area contributed by atoms with Crippen molar-refractivity contribution in [2.24, 2.45) is 5.92 Å². The molecule has 3 rings (SSSR count). The van der Waals surface area contributed by atoms with E-state index in [2.05, 4.69) is 4.98 Å². The Morgan fingerprint density at radius 2 is 2.16 bits per heavy atom.